The molecule has 0 radical (unpaired) electrons. The molecule has 0 heterocycles. The Morgan fingerprint density at radius 1 is 1.25 bits per heavy atom. The largest absolute Gasteiger partial charge is 0.381 e. The zero-order valence-electron chi connectivity index (χ0n) is 11.1. The van der Waals surface area contributed by atoms with Crippen molar-refractivity contribution < 1.29 is 4.92 Å². The molecule has 0 aliphatic carbocycles. The smallest absolute Gasteiger partial charge is 0.274 e. The van der Waals surface area contributed by atoms with Crippen LogP contribution < -0.4 is 5.32 Å². The molecule has 0 bridgehead atoms. The average molecular weight is 291 g/mol. The fraction of sp³-hybridized carbons (Fsp3) is 0.200. The molecule has 0 saturated heterocycles. The SMILES string of the molecule is CCc1cccc(NCc2cc(Cl)ccc2[N+](=O)[O-])c1. The molecule has 2 aromatic rings. The summed E-state index contributed by atoms with van der Waals surface area (Å²) in [6, 6.07) is 12.6. The molecular formula is C15H15ClN2O2. The minimum absolute atomic E-state index is 0.0774. The van der Waals surface area contributed by atoms with Crippen molar-refractivity contribution in [1.29, 1.82) is 0 Å². The maximum Gasteiger partial charge on any atom is 0.274 e. The number of nitrogens with one attached hydrogen (secondary N) is 1. The van der Waals surface area contributed by atoms with E-state index in [4.69, 9.17) is 11.6 Å². The van der Waals surface area contributed by atoms with Gasteiger partial charge < -0.3 is 5.32 Å². The predicted molar refractivity (Wildman–Crippen MR) is 81.3 cm³/mol. The lowest BCUT2D eigenvalue weighted by atomic mass is 10.1. The van der Waals surface area contributed by atoms with E-state index in [1.807, 2.05) is 24.3 Å². The molecule has 0 amide bonds. The molecule has 0 aromatic heterocycles. The summed E-state index contributed by atoms with van der Waals surface area (Å²) in [5.74, 6) is 0. The van der Waals surface area contributed by atoms with Gasteiger partial charge in [0, 0.05) is 23.3 Å². The molecule has 2 rings (SSSR count). The van der Waals surface area contributed by atoms with Gasteiger partial charge in [-0.2, -0.15) is 0 Å². The number of hydrogen-bond acceptors (Lipinski definition) is 3. The first kappa shape index (κ1) is 14.3. The molecule has 0 aliphatic heterocycles. The van der Waals surface area contributed by atoms with Crippen LogP contribution in [0, 0.1) is 10.1 Å². The molecule has 0 fully saturated rings. The van der Waals surface area contributed by atoms with Gasteiger partial charge in [-0.15, -0.1) is 0 Å². The molecule has 20 heavy (non-hydrogen) atoms. The minimum atomic E-state index is -0.393. The zero-order valence-corrected chi connectivity index (χ0v) is 11.9. The van der Waals surface area contributed by atoms with Gasteiger partial charge >= 0.3 is 0 Å². The highest BCUT2D eigenvalue weighted by atomic mass is 35.5. The van der Waals surface area contributed by atoms with Crippen LogP contribution in [0.4, 0.5) is 11.4 Å². The van der Waals surface area contributed by atoms with Crippen molar-refractivity contribution >= 4 is 23.0 Å². The first-order valence-electron chi connectivity index (χ1n) is 6.35. The molecule has 4 nitrogen and oxygen atoms in total. The second-order valence-corrected chi connectivity index (χ2v) is 4.87. The molecule has 0 saturated carbocycles. The lowest BCUT2D eigenvalue weighted by Gasteiger charge is -2.08. The van der Waals surface area contributed by atoms with Crippen molar-refractivity contribution in [2.24, 2.45) is 0 Å². The monoisotopic (exact) mass is 290 g/mol. The van der Waals surface area contributed by atoms with E-state index in [-0.39, 0.29) is 5.69 Å². The summed E-state index contributed by atoms with van der Waals surface area (Å²) in [6.45, 7) is 2.45. The number of rotatable bonds is 5. The van der Waals surface area contributed by atoms with Crippen molar-refractivity contribution in [3.05, 3.63) is 68.7 Å². The van der Waals surface area contributed by atoms with Crippen molar-refractivity contribution in [1.82, 2.24) is 0 Å². The van der Waals surface area contributed by atoms with Gasteiger partial charge in [-0.25, -0.2) is 0 Å². The van der Waals surface area contributed by atoms with Crippen molar-refractivity contribution in [2.75, 3.05) is 5.32 Å². The molecule has 0 spiro atoms. The van der Waals surface area contributed by atoms with Gasteiger partial charge in [0.1, 0.15) is 0 Å². The Labute approximate surface area is 122 Å². The van der Waals surface area contributed by atoms with Gasteiger partial charge in [-0.3, -0.25) is 10.1 Å². The Morgan fingerprint density at radius 3 is 2.75 bits per heavy atom. The maximum atomic E-state index is 11.0. The number of aryl methyl sites for hydroxylation is 1. The highest BCUT2D eigenvalue weighted by Gasteiger charge is 2.13. The topological polar surface area (TPSA) is 55.2 Å². The number of hydrogen-bond donors (Lipinski definition) is 1. The molecule has 5 heteroatoms. The average Bonchev–Trinajstić information content (AvgIpc) is 2.45. The maximum absolute atomic E-state index is 11.0. The van der Waals surface area contributed by atoms with E-state index in [2.05, 4.69) is 12.2 Å². The minimum Gasteiger partial charge on any atom is -0.381 e. The Balaban J connectivity index is 2.17. The van der Waals surface area contributed by atoms with Gasteiger partial charge in [0.15, 0.2) is 0 Å². The first-order chi connectivity index (χ1) is 9.60. The van der Waals surface area contributed by atoms with E-state index in [9.17, 15) is 10.1 Å². The zero-order chi connectivity index (χ0) is 14.5. The van der Waals surface area contributed by atoms with Gasteiger partial charge in [-0.1, -0.05) is 30.7 Å². The Bertz CT molecular complexity index is 629. The van der Waals surface area contributed by atoms with Crippen molar-refractivity contribution in [3.63, 3.8) is 0 Å². The number of halogens is 1. The molecule has 1 N–H and O–H groups in total. The third kappa shape index (κ3) is 3.48. The van der Waals surface area contributed by atoms with Crippen LogP contribution in [0.5, 0.6) is 0 Å². The summed E-state index contributed by atoms with van der Waals surface area (Å²) in [7, 11) is 0. The van der Waals surface area contributed by atoms with E-state index in [0.29, 0.717) is 17.1 Å². The molecule has 0 aliphatic rings. The van der Waals surface area contributed by atoms with E-state index in [1.54, 1.807) is 6.07 Å². The van der Waals surface area contributed by atoms with Crippen molar-refractivity contribution in [2.45, 2.75) is 19.9 Å². The summed E-state index contributed by atoms with van der Waals surface area (Å²) in [5, 5.41) is 14.7. The number of nitro groups is 1. The van der Waals surface area contributed by atoms with Crippen molar-refractivity contribution in [3.8, 4) is 0 Å². The first-order valence-corrected chi connectivity index (χ1v) is 6.73. The van der Waals surface area contributed by atoms with E-state index in [1.165, 1.54) is 17.7 Å². The quantitative estimate of drug-likeness (QED) is 0.655. The second-order valence-electron chi connectivity index (χ2n) is 4.44. The van der Waals surface area contributed by atoms with Crippen LogP contribution in [0.25, 0.3) is 0 Å². The molecule has 104 valence electrons. The number of nitro benzene ring substituents is 1. The van der Waals surface area contributed by atoms with E-state index >= 15 is 0 Å². The van der Waals surface area contributed by atoms with E-state index in [0.717, 1.165) is 12.1 Å². The fourth-order valence-corrected chi connectivity index (χ4v) is 2.17. The van der Waals surface area contributed by atoms with Crippen LogP contribution in [-0.2, 0) is 13.0 Å². The van der Waals surface area contributed by atoms with E-state index < -0.39 is 4.92 Å². The Morgan fingerprint density at radius 2 is 2.05 bits per heavy atom. The third-order valence-corrected chi connectivity index (χ3v) is 3.29. The molecule has 2 aromatic carbocycles. The molecule has 0 atom stereocenters. The van der Waals surface area contributed by atoms with Crippen LogP contribution in [-0.4, -0.2) is 4.92 Å². The normalized spacial score (nSPS) is 10.3. The standard InChI is InChI=1S/C15H15ClN2O2/c1-2-11-4-3-5-14(8-11)17-10-12-9-13(16)6-7-15(12)18(19)20/h3-9,17H,2,10H2,1H3. The summed E-state index contributed by atoms with van der Waals surface area (Å²) in [4.78, 5) is 10.6. The number of nitrogens with zero attached hydrogens (tertiary/aromatic N) is 1. The summed E-state index contributed by atoms with van der Waals surface area (Å²) < 4.78 is 0. The summed E-state index contributed by atoms with van der Waals surface area (Å²) >= 11 is 5.90. The van der Waals surface area contributed by atoms with Gasteiger partial charge in [0.25, 0.3) is 5.69 Å². The van der Waals surface area contributed by atoms with Crippen LogP contribution >= 0.6 is 11.6 Å². The number of anilines is 1. The molecular weight excluding hydrogens is 276 g/mol. The Hall–Kier alpha value is -2.07. The van der Waals surface area contributed by atoms with Crippen LogP contribution in [0.1, 0.15) is 18.1 Å². The lowest BCUT2D eigenvalue weighted by Crippen LogP contribution is -2.03. The highest BCUT2D eigenvalue weighted by Crippen LogP contribution is 2.24. The van der Waals surface area contributed by atoms with Crippen LogP contribution in [0.15, 0.2) is 42.5 Å². The van der Waals surface area contributed by atoms with Gasteiger partial charge in [0.2, 0.25) is 0 Å². The Kier molecular flexibility index (Phi) is 4.58. The van der Waals surface area contributed by atoms with Gasteiger partial charge in [-0.05, 0) is 36.2 Å². The van der Waals surface area contributed by atoms with Crippen LogP contribution in [0.2, 0.25) is 5.02 Å². The predicted octanol–water partition coefficient (Wildman–Crippen LogP) is 4.42. The van der Waals surface area contributed by atoms with Gasteiger partial charge in [0.05, 0.1) is 10.5 Å². The fourth-order valence-electron chi connectivity index (χ4n) is 1.97. The lowest BCUT2D eigenvalue weighted by molar-refractivity contribution is -0.385. The summed E-state index contributed by atoms with van der Waals surface area (Å²) in [6.07, 6.45) is 0.951. The number of benzene rings is 2. The summed E-state index contributed by atoms with van der Waals surface area (Å²) in [5.41, 5.74) is 2.81. The highest BCUT2D eigenvalue weighted by molar-refractivity contribution is 6.30. The molecule has 0 unspecified atom stereocenters. The third-order valence-electron chi connectivity index (χ3n) is 3.06. The van der Waals surface area contributed by atoms with Crippen LogP contribution in [0.3, 0.4) is 0 Å². The second kappa shape index (κ2) is 6.39.